The molecule has 2 aromatic rings. The number of imidazole rings is 1. The molecule has 0 saturated heterocycles. The first-order valence-corrected chi connectivity index (χ1v) is 3.25. The molecule has 0 aliphatic rings. The molecule has 0 unspecified atom stereocenters. The highest BCUT2D eigenvalue weighted by Crippen LogP contribution is 1.95. The van der Waals surface area contributed by atoms with Crippen LogP contribution in [-0.4, -0.2) is 19.5 Å². The van der Waals surface area contributed by atoms with Crippen LogP contribution in [0.5, 0.6) is 0 Å². The molecule has 0 saturated carbocycles. The van der Waals surface area contributed by atoms with Crippen molar-refractivity contribution >= 4 is 11.2 Å². The normalized spacial score (nSPS) is 10.8. The van der Waals surface area contributed by atoms with Gasteiger partial charge < -0.3 is 4.98 Å². The molecule has 61 valence electrons. The van der Waals surface area contributed by atoms with E-state index in [1.807, 2.05) is 0 Å². The van der Waals surface area contributed by atoms with E-state index in [4.69, 9.17) is 0 Å². The summed E-state index contributed by atoms with van der Waals surface area (Å²) >= 11 is 0. The Morgan fingerprint density at radius 2 is 2.25 bits per heavy atom. The Morgan fingerprint density at radius 1 is 1.50 bits per heavy atom. The molecule has 12 heavy (non-hydrogen) atoms. The molecule has 0 bridgehead atoms. The number of aromatic amines is 2. The molecule has 2 aromatic heterocycles. The smallest absolute Gasteiger partial charge is 0.329 e. The van der Waals surface area contributed by atoms with Crippen molar-refractivity contribution in [1.29, 1.82) is 0 Å². The highest BCUT2D eigenvalue weighted by atomic mass is 16.2. The predicted molar refractivity (Wildman–Crippen MR) is 40.8 cm³/mol. The minimum atomic E-state index is -0.479. The van der Waals surface area contributed by atoms with Crippen molar-refractivity contribution in [3.63, 3.8) is 0 Å². The number of nitrogens with zero attached hydrogens (tertiary/aromatic N) is 2. The summed E-state index contributed by atoms with van der Waals surface area (Å²) < 4.78 is 1.24. The highest BCUT2D eigenvalue weighted by Gasteiger charge is 2.05. The first-order chi connectivity index (χ1) is 5.70. The van der Waals surface area contributed by atoms with E-state index in [0.29, 0.717) is 5.65 Å². The topological polar surface area (TPSA) is 83.5 Å². The lowest BCUT2D eigenvalue weighted by atomic mass is 10.5. The summed E-state index contributed by atoms with van der Waals surface area (Å²) in [6, 6.07) is 0. The van der Waals surface area contributed by atoms with Crippen LogP contribution >= 0.6 is 0 Å². The van der Waals surface area contributed by atoms with Gasteiger partial charge in [-0.25, -0.2) is 9.78 Å². The van der Waals surface area contributed by atoms with Crippen LogP contribution in [0.3, 0.4) is 0 Å². The van der Waals surface area contributed by atoms with Gasteiger partial charge in [0.25, 0.3) is 5.56 Å². The van der Waals surface area contributed by atoms with Crippen molar-refractivity contribution in [2.45, 2.75) is 0 Å². The van der Waals surface area contributed by atoms with Crippen LogP contribution in [0.15, 0.2) is 9.59 Å². The van der Waals surface area contributed by atoms with E-state index in [9.17, 15) is 9.59 Å². The lowest BCUT2D eigenvalue weighted by molar-refractivity contribution is 0.832. The maximum absolute atomic E-state index is 11.1. The van der Waals surface area contributed by atoms with Crippen LogP contribution in [-0.2, 0) is 7.05 Å². The number of hydrogen-bond acceptors (Lipinski definition) is 3. The molecule has 1 radical (unpaired) electrons. The molecule has 0 fully saturated rings. The fourth-order valence-corrected chi connectivity index (χ4v) is 0.989. The Kier molecular flexibility index (Phi) is 1.18. The van der Waals surface area contributed by atoms with Crippen LogP contribution in [0.4, 0.5) is 0 Å². The monoisotopic (exact) mass is 165 g/mol. The molecule has 2 N–H and O–H groups in total. The summed E-state index contributed by atoms with van der Waals surface area (Å²) in [4.78, 5) is 30.4. The second-order valence-corrected chi connectivity index (χ2v) is 2.37. The molecule has 2 rings (SSSR count). The van der Waals surface area contributed by atoms with Gasteiger partial charge in [0.2, 0.25) is 0 Å². The van der Waals surface area contributed by atoms with Gasteiger partial charge >= 0.3 is 5.69 Å². The standard InChI is InChI=1S/C6H5N4O2/c1-10-4-3(7-2-8-4)5(11)9-6(10)12/h1H3,(H,7,8)(H,9,11,12). The summed E-state index contributed by atoms with van der Waals surface area (Å²) in [5.74, 6) is 0. The van der Waals surface area contributed by atoms with Crippen molar-refractivity contribution in [3.05, 3.63) is 27.2 Å². The Labute approximate surface area is 65.9 Å². The fraction of sp³-hybridized carbons (Fsp3) is 0.167. The summed E-state index contributed by atoms with van der Waals surface area (Å²) in [7, 11) is 1.52. The largest absolute Gasteiger partial charge is 0.329 e. The van der Waals surface area contributed by atoms with Gasteiger partial charge in [0.1, 0.15) is 5.52 Å². The zero-order valence-electron chi connectivity index (χ0n) is 6.21. The molecule has 0 aliphatic heterocycles. The molecular weight excluding hydrogens is 160 g/mol. The fourth-order valence-electron chi connectivity index (χ4n) is 0.989. The number of aryl methyl sites for hydroxylation is 1. The van der Waals surface area contributed by atoms with Gasteiger partial charge in [0.05, 0.1) is 0 Å². The number of rotatable bonds is 0. The van der Waals surface area contributed by atoms with Crippen molar-refractivity contribution in [2.75, 3.05) is 0 Å². The third kappa shape index (κ3) is 0.714. The summed E-state index contributed by atoms with van der Waals surface area (Å²) in [5, 5.41) is 0. The number of fused-ring (bicyclic) bond motifs is 1. The number of aromatic nitrogens is 4. The van der Waals surface area contributed by atoms with E-state index < -0.39 is 11.2 Å². The minimum Gasteiger partial charge on any atom is -0.329 e. The first-order valence-electron chi connectivity index (χ1n) is 3.25. The summed E-state index contributed by atoms with van der Waals surface area (Å²) in [6.07, 6.45) is 2.39. The van der Waals surface area contributed by atoms with Gasteiger partial charge in [-0.1, -0.05) is 0 Å². The van der Waals surface area contributed by atoms with E-state index in [1.165, 1.54) is 11.6 Å². The quantitative estimate of drug-likeness (QED) is 0.511. The maximum atomic E-state index is 11.1. The lowest BCUT2D eigenvalue weighted by Crippen LogP contribution is -2.28. The third-order valence-corrected chi connectivity index (χ3v) is 1.64. The van der Waals surface area contributed by atoms with E-state index >= 15 is 0 Å². The van der Waals surface area contributed by atoms with Gasteiger partial charge in [0, 0.05) is 7.05 Å². The van der Waals surface area contributed by atoms with Crippen molar-refractivity contribution < 1.29 is 0 Å². The molecule has 0 aromatic carbocycles. The number of nitrogens with one attached hydrogen (secondary N) is 2. The minimum absolute atomic E-state index is 0.261. The van der Waals surface area contributed by atoms with Gasteiger partial charge in [-0.2, -0.15) is 0 Å². The molecule has 0 spiro atoms. The van der Waals surface area contributed by atoms with Gasteiger partial charge in [-0.05, 0) is 0 Å². The Balaban J connectivity index is 3.18. The third-order valence-electron chi connectivity index (χ3n) is 1.64. The average Bonchev–Trinajstić information content (AvgIpc) is 2.48. The van der Waals surface area contributed by atoms with Crippen LogP contribution in [0, 0.1) is 6.33 Å². The first kappa shape index (κ1) is 6.84. The second kappa shape index (κ2) is 2.07. The Hall–Kier alpha value is -1.85. The Bertz CT molecular complexity index is 532. The van der Waals surface area contributed by atoms with Crippen molar-refractivity contribution in [3.8, 4) is 0 Å². The summed E-state index contributed by atoms with van der Waals surface area (Å²) in [5.41, 5.74) is -0.379. The molecule has 6 heteroatoms. The zero-order valence-corrected chi connectivity index (χ0v) is 6.21. The SMILES string of the molecule is Cn1c(=O)[nH]c(=O)c2[nH][c]nc21. The number of hydrogen-bond donors (Lipinski definition) is 2. The highest BCUT2D eigenvalue weighted by molar-refractivity contribution is 5.68. The van der Waals surface area contributed by atoms with E-state index in [0.717, 1.165) is 0 Å². The molecule has 0 amide bonds. The molecule has 2 heterocycles. The van der Waals surface area contributed by atoms with Gasteiger partial charge in [-0.15, -0.1) is 0 Å². The van der Waals surface area contributed by atoms with Gasteiger partial charge in [-0.3, -0.25) is 14.3 Å². The zero-order chi connectivity index (χ0) is 8.72. The van der Waals surface area contributed by atoms with Crippen LogP contribution < -0.4 is 11.2 Å². The van der Waals surface area contributed by atoms with E-state index in [1.54, 1.807) is 0 Å². The van der Waals surface area contributed by atoms with Crippen molar-refractivity contribution in [1.82, 2.24) is 19.5 Å². The van der Waals surface area contributed by atoms with Gasteiger partial charge in [0.15, 0.2) is 12.0 Å². The maximum Gasteiger partial charge on any atom is 0.329 e. The second-order valence-electron chi connectivity index (χ2n) is 2.37. The summed E-state index contributed by atoms with van der Waals surface area (Å²) in [6.45, 7) is 0. The van der Waals surface area contributed by atoms with Crippen LogP contribution in [0.25, 0.3) is 11.2 Å². The van der Waals surface area contributed by atoms with E-state index in [2.05, 4.69) is 21.3 Å². The predicted octanol–water partition coefficient (Wildman–Crippen LogP) is -1.25. The number of H-pyrrole nitrogens is 2. The molecular formula is C6H5N4O2. The Morgan fingerprint density at radius 3 is 3.00 bits per heavy atom. The molecule has 0 atom stereocenters. The van der Waals surface area contributed by atoms with Crippen molar-refractivity contribution in [2.24, 2.45) is 7.05 Å². The van der Waals surface area contributed by atoms with E-state index in [-0.39, 0.29) is 5.52 Å². The molecule has 0 aliphatic carbocycles. The lowest BCUT2D eigenvalue weighted by Gasteiger charge is -1.94. The molecule has 6 nitrogen and oxygen atoms in total. The van der Waals surface area contributed by atoms with Crippen LogP contribution in [0.2, 0.25) is 0 Å². The van der Waals surface area contributed by atoms with Crippen LogP contribution in [0.1, 0.15) is 0 Å². The average molecular weight is 165 g/mol.